The van der Waals surface area contributed by atoms with Gasteiger partial charge in [0.05, 0.1) is 6.54 Å². The van der Waals surface area contributed by atoms with Crippen molar-refractivity contribution in [2.75, 3.05) is 26.2 Å². The van der Waals surface area contributed by atoms with Gasteiger partial charge in [-0.05, 0) is 36.8 Å². The lowest BCUT2D eigenvalue weighted by molar-refractivity contribution is -0.124. The van der Waals surface area contributed by atoms with Gasteiger partial charge < -0.3 is 15.8 Å². The van der Waals surface area contributed by atoms with Crippen LogP contribution in [0.25, 0.3) is 0 Å². The molecule has 0 aromatic heterocycles. The van der Waals surface area contributed by atoms with Crippen molar-refractivity contribution in [2.45, 2.75) is 45.1 Å². The van der Waals surface area contributed by atoms with Gasteiger partial charge in [0.15, 0.2) is 6.61 Å². The Hall–Kier alpha value is -2.08. The molecule has 3 N–H and O–H groups in total. The van der Waals surface area contributed by atoms with E-state index in [1.807, 2.05) is 23.1 Å². The molecule has 0 aliphatic carbocycles. The second-order valence-corrected chi connectivity index (χ2v) is 6.72. The molecule has 1 aliphatic rings. The summed E-state index contributed by atoms with van der Waals surface area (Å²) >= 11 is 0. The highest BCUT2D eigenvalue weighted by molar-refractivity contribution is 5.78. The van der Waals surface area contributed by atoms with Crippen LogP contribution in [0.1, 0.15) is 44.6 Å². The molecule has 1 aromatic carbocycles. The normalized spacial score (nSPS) is 17.0. The Morgan fingerprint density at radius 1 is 1.32 bits per heavy atom. The van der Waals surface area contributed by atoms with Crippen molar-refractivity contribution in [3.8, 4) is 5.75 Å². The maximum absolute atomic E-state index is 12.2. The first-order chi connectivity index (χ1) is 12.0. The van der Waals surface area contributed by atoms with Gasteiger partial charge >= 0.3 is 0 Å². The molecule has 0 spiro atoms. The molecular formula is C19H29N3O3. The van der Waals surface area contributed by atoms with E-state index in [4.69, 9.17) is 10.5 Å². The molecule has 6 nitrogen and oxygen atoms in total. The quantitative estimate of drug-likeness (QED) is 0.749. The van der Waals surface area contributed by atoms with E-state index in [9.17, 15) is 9.59 Å². The Morgan fingerprint density at radius 2 is 2.00 bits per heavy atom. The number of ether oxygens (including phenoxy) is 1. The lowest BCUT2D eigenvalue weighted by Crippen LogP contribution is -2.47. The highest BCUT2D eigenvalue weighted by Crippen LogP contribution is 2.28. The molecule has 1 fully saturated rings. The summed E-state index contributed by atoms with van der Waals surface area (Å²) in [7, 11) is 0. The van der Waals surface area contributed by atoms with Crippen molar-refractivity contribution in [2.24, 2.45) is 5.73 Å². The number of hydrogen-bond donors (Lipinski definition) is 2. The number of likely N-dealkylation sites (tertiary alicyclic amines) is 1. The summed E-state index contributed by atoms with van der Waals surface area (Å²) in [5, 5.41) is 3.02. The summed E-state index contributed by atoms with van der Waals surface area (Å²) in [6.45, 7) is 6.14. The Morgan fingerprint density at radius 3 is 2.64 bits per heavy atom. The van der Waals surface area contributed by atoms with Gasteiger partial charge in [0, 0.05) is 19.1 Å². The van der Waals surface area contributed by atoms with Crippen LogP contribution in [0.3, 0.4) is 0 Å². The summed E-state index contributed by atoms with van der Waals surface area (Å²) in [5.41, 5.74) is 6.35. The van der Waals surface area contributed by atoms with Gasteiger partial charge in [-0.15, -0.1) is 0 Å². The SMILES string of the molecule is CC[C@@H](C)c1ccccc1OCC(=O)NC1CCN(CC(N)=O)CC1. The van der Waals surface area contributed by atoms with Gasteiger partial charge in [-0.2, -0.15) is 0 Å². The van der Waals surface area contributed by atoms with Crippen molar-refractivity contribution in [1.82, 2.24) is 10.2 Å². The van der Waals surface area contributed by atoms with Crippen molar-refractivity contribution >= 4 is 11.8 Å². The zero-order valence-electron chi connectivity index (χ0n) is 15.2. The summed E-state index contributed by atoms with van der Waals surface area (Å²) in [6.07, 6.45) is 2.67. The molecule has 6 heteroatoms. The number of amides is 2. The zero-order chi connectivity index (χ0) is 18.2. The van der Waals surface area contributed by atoms with Crippen molar-refractivity contribution in [3.63, 3.8) is 0 Å². The van der Waals surface area contributed by atoms with E-state index in [0.717, 1.165) is 43.7 Å². The third-order valence-corrected chi connectivity index (χ3v) is 4.75. The van der Waals surface area contributed by atoms with Crippen LogP contribution in [0.15, 0.2) is 24.3 Å². The van der Waals surface area contributed by atoms with E-state index in [0.29, 0.717) is 5.92 Å². The summed E-state index contributed by atoms with van der Waals surface area (Å²) in [6, 6.07) is 8.01. The van der Waals surface area contributed by atoms with Crippen LogP contribution < -0.4 is 15.8 Å². The van der Waals surface area contributed by atoms with E-state index in [1.165, 1.54) is 0 Å². The maximum atomic E-state index is 12.2. The van der Waals surface area contributed by atoms with Gasteiger partial charge in [-0.1, -0.05) is 32.0 Å². The largest absolute Gasteiger partial charge is 0.483 e. The number of hydrogen-bond acceptors (Lipinski definition) is 4. The van der Waals surface area contributed by atoms with Crippen molar-refractivity contribution in [3.05, 3.63) is 29.8 Å². The van der Waals surface area contributed by atoms with E-state index < -0.39 is 0 Å². The Balaban J connectivity index is 1.78. The van der Waals surface area contributed by atoms with Gasteiger partial charge in [0.2, 0.25) is 5.91 Å². The maximum Gasteiger partial charge on any atom is 0.258 e. The van der Waals surface area contributed by atoms with Crippen LogP contribution in [0.2, 0.25) is 0 Å². The molecule has 0 radical (unpaired) electrons. The lowest BCUT2D eigenvalue weighted by atomic mass is 9.98. The third kappa shape index (κ3) is 6.05. The number of primary amides is 1. The van der Waals surface area contributed by atoms with Gasteiger partial charge in [0.1, 0.15) is 5.75 Å². The summed E-state index contributed by atoms with van der Waals surface area (Å²) in [5.74, 6) is 0.764. The number of carbonyl (C=O) groups is 2. The first-order valence-electron chi connectivity index (χ1n) is 9.01. The molecule has 2 rings (SSSR count). The van der Waals surface area contributed by atoms with E-state index in [1.54, 1.807) is 0 Å². The molecular weight excluding hydrogens is 318 g/mol. The van der Waals surface area contributed by atoms with E-state index >= 15 is 0 Å². The second-order valence-electron chi connectivity index (χ2n) is 6.72. The first kappa shape index (κ1) is 19.2. The van der Waals surface area contributed by atoms with Crippen LogP contribution in [0.5, 0.6) is 5.75 Å². The average Bonchev–Trinajstić information content (AvgIpc) is 2.61. The highest BCUT2D eigenvalue weighted by atomic mass is 16.5. The summed E-state index contributed by atoms with van der Waals surface area (Å²) < 4.78 is 5.75. The van der Waals surface area contributed by atoms with Crippen LogP contribution in [0, 0.1) is 0 Å². The molecule has 1 aliphatic heterocycles. The molecule has 0 bridgehead atoms. The Bertz CT molecular complexity index is 583. The highest BCUT2D eigenvalue weighted by Gasteiger charge is 2.21. The fourth-order valence-corrected chi connectivity index (χ4v) is 3.11. The molecule has 0 saturated carbocycles. The smallest absolute Gasteiger partial charge is 0.258 e. The molecule has 138 valence electrons. The average molecular weight is 347 g/mol. The topological polar surface area (TPSA) is 84.7 Å². The van der Waals surface area contributed by atoms with E-state index in [2.05, 4.69) is 25.2 Å². The van der Waals surface area contributed by atoms with Crippen LogP contribution in [-0.4, -0.2) is 49.0 Å². The minimum absolute atomic E-state index is 0.0228. The molecule has 1 heterocycles. The molecule has 25 heavy (non-hydrogen) atoms. The molecule has 0 unspecified atom stereocenters. The lowest BCUT2D eigenvalue weighted by Gasteiger charge is -2.31. The van der Waals surface area contributed by atoms with Crippen LogP contribution in [-0.2, 0) is 9.59 Å². The van der Waals surface area contributed by atoms with E-state index in [-0.39, 0.29) is 31.0 Å². The molecule has 2 amide bonds. The standard InChI is InChI=1S/C19H29N3O3/c1-3-14(2)16-6-4-5-7-17(16)25-13-19(24)21-15-8-10-22(11-9-15)12-18(20)23/h4-7,14-15H,3,8-13H2,1-2H3,(H2,20,23)(H,21,24)/t14-/m1/s1. The number of nitrogens with one attached hydrogen (secondary N) is 1. The summed E-state index contributed by atoms with van der Waals surface area (Å²) in [4.78, 5) is 25.1. The number of para-hydroxylation sites is 1. The minimum atomic E-state index is -0.309. The van der Waals surface area contributed by atoms with Crippen LogP contribution >= 0.6 is 0 Å². The molecule has 1 atom stereocenters. The van der Waals surface area contributed by atoms with Crippen molar-refractivity contribution < 1.29 is 14.3 Å². The predicted octanol–water partition coefficient (Wildman–Crippen LogP) is 1.64. The fraction of sp³-hybridized carbons (Fsp3) is 0.579. The fourth-order valence-electron chi connectivity index (χ4n) is 3.11. The number of benzene rings is 1. The molecule has 1 saturated heterocycles. The number of piperidine rings is 1. The number of carbonyl (C=O) groups excluding carboxylic acids is 2. The monoisotopic (exact) mass is 347 g/mol. The number of nitrogens with zero attached hydrogens (tertiary/aromatic N) is 1. The Kier molecular flexibility index (Phi) is 7.25. The van der Waals surface area contributed by atoms with Gasteiger partial charge in [0.25, 0.3) is 5.91 Å². The number of rotatable bonds is 8. The van der Waals surface area contributed by atoms with Gasteiger partial charge in [-0.25, -0.2) is 0 Å². The Labute approximate surface area is 149 Å². The predicted molar refractivity (Wildman–Crippen MR) is 97.4 cm³/mol. The molecule has 1 aromatic rings. The van der Waals surface area contributed by atoms with Gasteiger partial charge in [-0.3, -0.25) is 14.5 Å². The van der Waals surface area contributed by atoms with Crippen LogP contribution in [0.4, 0.5) is 0 Å². The number of nitrogens with two attached hydrogens (primary N) is 1. The second kappa shape index (κ2) is 9.42. The zero-order valence-corrected chi connectivity index (χ0v) is 15.2. The third-order valence-electron chi connectivity index (χ3n) is 4.75. The minimum Gasteiger partial charge on any atom is -0.483 e. The first-order valence-corrected chi connectivity index (χ1v) is 9.01. The van der Waals surface area contributed by atoms with Crippen molar-refractivity contribution in [1.29, 1.82) is 0 Å².